The van der Waals surface area contributed by atoms with Crippen LogP contribution in [0.3, 0.4) is 0 Å². The summed E-state index contributed by atoms with van der Waals surface area (Å²) in [4.78, 5) is 0. The van der Waals surface area contributed by atoms with Crippen molar-refractivity contribution in [2.75, 3.05) is 13.7 Å². The SMILES string of the molecule is CCNC(Cc1ccccc1Cl)C1(OC)CCCCCC1. The molecule has 2 rings (SSSR count). The normalized spacial score (nSPS) is 20.0. The van der Waals surface area contributed by atoms with Gasteiger partial charge in [0.05, 0.1) is 5.60 Å². The van der Waals surface area contributed by atoms with Gasteiger partial charge in [0, 0.05) is 18.2 Å². The van der Waals surface area contributed by atoms with Crippen molar-refractivity contribution in [3.8, 4) is 0 Å². The first-order valence-electron chi connectivity index (χ1n) is 8.24. The molecule has 1 unspecified atom stereocenters. The topological polar surface area (TPSA) is 21.3 Å². The first-order chi connectivity index (χ1) is 10.2. The summed E-state index contributed by atoms with van der Waals surface area (Å²) in [6, 6.07) is 8.49. The Balaban J connectivity index is 2.21. The molecule has 0 aliphatic heterocycles. The Labute approximate surface area is 134 Å². The average molecular weight is 310 g/mol. The summed E-state index contributed by atoms with van der Waals surface area (Å²) in [5, 5.41) is 4.53. The van der Waals surface area contributed by atoms with Crippen LogP contribution in [0.15, 0.2) is 24.3 Å². The van der Waals surface area contributed by atoms with Gasteiger partial charge in [-0.2, -0.15) is 0 Å². The molecule has 118 valence electrons. The maximum absolute atomic E-state index is 6.36. The number of hydrogen-bond acceptors (Lipinski definition) is 2. The molecule has 1 aromatic rings. The van der Waals surface area contributed by atoms with E-state index in [2.05, 4.69) is 24.4 Å². The number of likely N-dealkylation sites (N-methyl/N-ethyl adjacent to an activating group) is 1. The molecule has 1 saturated carbocycles. The molecule has 21 heavy (non-hydrogen) atoms. The minimum absolute atomic E-state index is 0.0499. The van der Waals surface area contributed by atoms with Crippen LogP contribution in [-0.4, -0.2) is 25.3 Å². The summed E-state index contributed by atoms with van der Waals surface area (Å²) < 4.78 is 6.08. The quantitative estimate of drug-likeness (QED) is 0.775. The van der Waals surface area contributed by atoms with E-state index in [1.165, 1.54) is 31.2 Å². The molecule has 0 amide bonds. The summed E-state index contributed by atoms with van der Waals surface area (Å²) >= 11 is 6.36. The lowest BCUT2D eigenvalue weighted by molar-refractivity contribution is -0.0522. The third-order valence-electron chi connectivity index (χ3n) is 4.82. The largest absolute Gasteiger partial charge is 0.377 e. The lowest BCUT2D eigenvalue weighted by Gasteiger charge is -2.40. The van der Waals surface area contributed by atoms with E-state index in [-0.39, 0.29) is 5.60 Å². The van der Waals surface area contributed by atoms with Crippen LogP contribution in [0.4, 0.5) is 0 Å². The Morgan fingerprint density at radius 2 is 1.86 bits per heavy atom. The summed E-state index contributed by atoms with van der Waals surface area (Å²) in [5.41, 5.74) is 1.16. The highest BCUT2D eigenvalue weighted by atomic mass is 35.5. The number of benzene rings is 1. The fourth-order valence-electron chi connectivity index (χ4n) is 3.60. The molecule has 0 bridgehead atoms. The first-order valence-corrected chi connectivity index (χ1v) is 8.61. The smallest absolute Gasteiger partial charge is 0.0834 e. The van der Waals surface area contributed by atoms with Gasteiger partial charge in [0.15, 0.2) is 0 Å². The average Bonchev–Trinajstić information content (AvgIpc) is 2.75. The molecule has 1 aliphatic rings. The van der Waals surface area contributed by atoms with Gasteiger partial charge in [0.25, 0.3) is 0 Å². The molecule has 1 aromatic carbocycles. The van der Waals surface area contributed by atoms with Gasteiger partial charge >= 0.3 is 0 Å². The highest BCUT2D eigenvalue weighted by molar-refractivity contribution is 6.31. The molecule has 0 radical (unpaired) electrons. The standard InChI is InChI=1S/C18H28ClNO/c1-3-20-17(14-15-10-6-7-11-16(15)19)18(21-2)12-8-4-5-9-13-18/h6-7,10-11,17,20H,3-5,8-9,12-14H2,1-2H3. The van der Waals surface area contributed by atoms with E-state index in [1.807, 2.05) is 19.2 Å². The zero-order chi connectivity index (χ0) is 15.1. The van der Waals surface area contributed by atoms with Crippen molar-refractivity contribution >= 4 is 11.6 Å². The Morgan fingerprint density at radius 1 is 1.19 bits per heavy atom. The minimum atomic E-state index is -0.0499. The summed E-state index contributed by atoms with van der Waals surface area (Å²) in [6.07, 6.45) is 8.40. The molecule has 1 fully saturated rings. The number of rotatable bonds is 6. The Bertz CT molecular complexity index is 427. The number of halogens is 1. The highest BCUT2D eigenvalue weighted by Gasteiger charge is 2.38. The van der Waals surface area contributed by atoms with Crippen LogP contribution >= 0.6 is 11.6 Å². The second kappa shape index (κ2) is 8.17. The number of ether oxygens (including phenoxy) is 1. The number of hydrogen-bond donors (Lipinski definition) is 1. The van der Waals surface area contributed by atoms with Crippen molar-refractivity contribution in [3.63, 3.8) is 0 Å². The van der Waals surface area contributed by atoms with E-state index in [0.717, 1.165) is 30.8 Å². The molecule has 0 saturated heterocycles. The molecule has 0 spiro atoms. The second-order valence-electron chi connectivity index (χ2n) is 6.09. The van der Waals surface area contributed by atoms with Crippen LogP contribution in [0, 0.1) is 0 Å². The van der Waals surface area contributed by atoms with Crippen LogP contribution in [-0.2, 0) is 11.2 Å². The maximum atomic E-state index is 6.36. The van der Waals surface area contributed by atoms with Crippen LogP contribution in [0.2, 0.25) is 5.02 Å². The molecule has 1 N–H and O–H groups in total. The van der Waals surface area contributed by atoms with E-state index >= 15 is 0 Å². The first kappa shape index (κ1) is 16.8. The maximum Gasteiger partial charge on any atom is 0.0834 e. The van der Waals surface area contributed by atoms with Gasteiger partial charge in [-0.25, -0.2) is 0 Å². The van der Waals surface area contributed by atoms with Crippen molar-refractivity contribution in [1.29, 1.82) is 0 Å². The summed E-state index contributed by atoms with van der Waals surface area (Å²) in [5.74, 6) is 0. The molecule has 2 nitrogen and oxygen atoms in total. The Morgan fingerprint density at radius 3 is 2.43 bits per heavy atom. The number of methoxy groups -OCH3 is 1. The highest BCUT2D eigenvalue weighted by Crippen LogP contribution is 2.35. The van der Waals surface area contributed by atoms with E-state index < -0.39 is 0 Å². The van der Waals surface area contributed by atoms with E-state index in [1.54, 1.807) is 0 Å². The monoisotopic (exact) mass is 309 g/mol. The van der Waals surface area contributed by atoms with Crippen LogP contribution < -0.4 is 5.32 Å². The van der Waals surface area contributed by atoms with E-state index in [4.69, 9.17) is 16.3 Å². The number of nitrogens with one attached hydrogen (secondary N) is 1. The second-order valence-corrected chi connectivity index (χ2v) is 6.50. The van der Waals surface area contributed by atoms with Crippen molar-refractivity contribution in [2.24, 2.45) is 0 Å². The third-order valence-corrected chi connectivity index (χ3v) is 5.19. The van der Waals surface area contributed by atoms with Gasteiger partial charge in [0.1, 0.15) is 0 Å². The van der Waals surface area contributed by atoms with Crippen LogP contribution in [0.1, 0.15) is 51.0 Å². The summed E-state index contributed by atoms with van der Waals surface area (Å²) in [6.45, 7) is 3.12. The van der Waals surface area contributed by atoms with Gasteiger partial charge in [-0.3, -0.25) is 0 Å². The zero-order valence-electron chi connectivity index (χ0n) is 13.3. The van der Waals surface area contributed by atoms with Crippen molar-refractivity contribution in [3.05, 3.63) is 34.9 Å². The third kappa shape index (κ3) is 4.21. The Hall–Kier alpha value is -0.570. The zero-order valence-corrected chi connectivity index (χ0v) is 14.1. The molecule has 1 aliphatic carbocycles. The van der Waals surface area contributed by atoms with Gasteiger partial charge in [-0.15, -0.1) is 0 Å². The van der Waals surface area contributed by atoms with Crippen LogP contribution in [0.25, 0.3) is 0 Å². The molecule has 3 heteroatoms. The van der Waals surface area contributed by atoms with Gasteiger partial charge in [-0.05, 0) is 37.4 Å². The predicted molar refractivity (Wildman–Crippen MR) is 90.1 cm³/mol. The van der Waals surface area contributed by atoms with E-state index in [0.29, 0.717) is 6.04 Å². The van der Waals surface area contributed by atoms with Gasteiger partial charge in [0.2, 0.25) is 0 Å². The predicted octanol–water partition coefficient (Wildman–Crippen LogP) is 4.60. The van der Waals surface area contributed by atoms with E-state index in [9.17, 15) is 0 Å². The fraction of sp³-hybridized carbons (Fsp3) is 0.667. The molecule has 0 heterocycles. The van der Waals surface area contributed by atoms with Gasteiger partial charge in [-0.1, -0.05) is 62.4 Å². The molecular weight excluding hydrogens is 282 g/mol. The molecule has 0 aromatic heterocycles. The fourth-order valence-corrected chi connectivity index (χ4v) is 3.81. The van der Waals surface area contributed by atoms with Crippen molar-refractivity contribution in [2.45, 2.75) is 63.5 Å². The molecular formula is C18H28ClNO. The lowest BCUT2D eigenvalue weighted by Crippen LogP contribution is -2.53. The summed E-state index contributed by atoms with van der Waals surface area (Å²) in [7, 11) is 1.88. The molecule has 1 atom stereocenters. The minimum Gasteiger partial charge on any atom is -0.377 e. The van der Waals surface area contributed by atoms with Crippen molar-refractivity contribution in [1.82, 2.24) is 5.32 Å². The lowest BCUT2D eigenvalue weighted by atomic mass is 9.82. The van der Waals surface area contributed by atoms with Crippen molar-refractivity contribution < 1.29 is 4.74 Å². The Kier molecular flexibility index (Phi) is 6.53. The van der Waals surface area contributed by atoms with Gasteiger partial charge < -0.3 is 10.1 Å². The van der Waals surface area contributed by atoms with Crippen LogP contribution in [0.5, 0.6) is 0 Å².